The molecule has 3 aromatic carbocycles. The summed E-state index contributed by atoms with van der Waals surface area (Å²) in [6.07, 6.45) is -4.97. The molecule has 2 N–H and O–H groups in total. The van der Waals surface area contributed by atoms with Crippen molar-refractivity contribution in [3.63, 3.8) is 0 Å². The van der Waals surface area contributed by atoms with Crippen LogP contribution in [0.5, 0.6) is 17.2 Å². The summed E-state index contributed by atoms with van der Waals surface area (Å²) >= 11 is 0. The van der Waals surface area contributed by atoms with E-state index in [1.54, 1.807) is 18.2 Å². The molecule has 1 heterocycles. The van der Waals surface area contributed by atoms with E-state index in [0.29, 0.717) is 5.56 Å². The third kappa shape index (κ3) is 4.63. The van der Waals surface area contributed by atoms with Crippen LogP contribution >= 0.6 is 0 Å². The summed E-state index contributed by atoms with van der Waals surface area (Å²) in [6, 6.07) is 15.2. The number of ether oxygens (including phenoxy) is 2. The van der Waals surface area contributed by atoms with Gasteiger partial charge in [0, 0.05) is 11.8 Å². The van der Waals surface area contributed by atoms with E-state index in [4.69, 9.17) is 4.74 Å². The third-order valence-corrected chi connectivity index (χ3v) is 5.34. The minimum atomic E-state index is -4.97. The van der Waals surface area contributed by atoms with E-state index in [1.807, 2.05) is 0 Å². The highest BCUT2D eigenvalue weighted by Crippen LogP contribution is 2.44. The van der Waals surface area contributed by atoms with E-state index in [0.717, 1.165) is 17.0 Å². The Balaban J connectivity index is 1.92. The van der Waals surface area contributed by atoms with Crippen molar-refractivity contribution in [3.8, 4) is 17.2 Å². The van der Waals surface area contributed by atoms with Gasteiger partial charge in [-0.1, -0.05) is 30.3 Å². The van der Waals surface area contributed by atoms with Crippen LogP contribution in [-0.2, 0) is 9.59 Å². The van der Waals surface area contributed by atoms with Crippen molar-refractivity contribution < 1.29 is 42.4 Å². The number of amides is 1. The number of nitrogens with zero attached hydrogens (tertiary/aromatic N) is 1. The molecule has 0 aromatic heterocycles. The Morgan fingerprint density at radius 3 is 2.31 bits per heavy atom. The molecule has 3 aromatic rings. The van der Waals surface area contributed by atoms with Crippen LogP contribution < -0.4 is 14.4 Å². The molecule has 0 bridgehead atoms. The van der Waals surface area contributed by atoms with E-state index in [9.17, 15) is 33.0 Å². The molecule has 0 spiro atoms. The van der Waals surface area contributed by atoms with Gasteiger partial charge in [-0.15, -0.1) is 13.2 Å². The van der Waals surface area contributed by atoms with Gasteiger partial charge in [0.25, 0.3) is 11.7 Å². The first-order valence-electron chi connectivity index (χ1n) is 10.2. The number of Topliss-reactive ketones (excluding diaryl/α,β-unsaturated/α-hetero) is 1. The third-order valence-electron chi connectivity index (χ3n) is 5.34. The Morgan fingerprint density at radius 1 is 0.971 bits per heavy atom. The van der Waals surface area contributed by atoms with Crippen LogP contribution in [0.4, 0.5) is 18.9 Å². The van der Waals surface area contributed by atoms with Gasteiger partial charge in [-0.25, -0.2) is 0 Å². The van der Waals surface area contributed by atoms with Crippen molar-refractivity contribution in [3.05, 3.63) is 89.5 Å². The number of hydrogen-bond donors (Lipinski definition) is 2. The van der Waals surface area contributed by atoms with E-state index < -0.39 is 35.6 Å². The second-order valence-electron chi connectivity index (χ2n) is 7.51. The number of phenols is 1. The minimum Gasteiger partial charge on any atom is -0.508 e. The quantitative estimate of drug-likeness (QED) is 0.302. The summed E-state index contributed by atoms with van der Waals surface area (Å²) in [5.74, 6) is -3.08. The van der Waals surface area contributed by atoms with Gasteiger partial charge in [0.05, 0.1) is 24.3 Å². The Labute approximate surface area is 197 Å². The van der Waals surface area contributed by atoms with Crippen molar-refractivity contribution in [2.75, 3.05) is 12.0 Å². The van der Waals surface area contributed by atoms with Gasteiger partial charge < -0.3 is 19.7 Å². The topological polar surface area (TPSA) is 96.3 Å². The van der Waals surface area contributed by atoms with Crippen molar-refractivity contribution in [1.29, 1.82) is 0 Å². The van der Waals surface area contributed by atoms with E-state index in [-0.39, 0.29) is 28.3 Å². The molecule has 0 saturated carbocycles. The summed E-state index contributed by atoms with van der Waals surface area (Å²) < 4.78 is 47.5. The fourth-order valence-electron chi connectivity index (χ4n) is 3.89. The van der Waals surface area contributed by atoms with Gasteiger partial charge in [0.2, 0.25) is 0 Å². The van der Waals surface area contributed by atoms with Gasteiger partial charge in [-0.3, -0.25) is 14.5 Å². The number of anilines is 1. The molecule has 1 fully saturated rings. The van der Waals surface area contributed by atoms with Crippen LogP contribution in [0.25, 0.3) is 5.76 Å². The number of rotatable bonds is 5. The number of aromatic hydroxyl groups is 1. The first kappa shape index (κ1) is 23.7. The molecule has 1 unspecified atom stereocenters. The van der Waals surface area contributed by atoms with E-state index in [1.165, 1.54) is 49.6 Å². The lowest BCUT2D eigenvalue weighted by Crippen LogP contribution is -2.29. The fourth-order valence-corrected chi connectivity index (χ4v) is 3.89. The standard InChI is InChI=1S/C25H18F3NO6/c1-34-19-8-3-2-7-18(19)22(31)20-21(14-9-11-16(30)12-10-14)29(24(33)23(20)32)15-5-4-6-17(13-15)35-25(26,27)28/h2-13,21,30-31H,1H3/b22-20+. The first-order valence-corrected chi connectivity index (χ1v) is 10.2. The maximum atomic E-state index is 13.2. The number of carbonyl (C=O) groups excluding carboxylic acids is 2. The molecule has 4 rings (SSSR count). The highest BCUT2D eigenvalue weighted by Gasteiger charge is 2.47. The zero-order valence-electron chi connectivity index (χ0n) is 18.1. The van der Waals surface area contributed by atoms with Crippen LogP contribution in [0.1, 0.15) is 17.2 Å². The van der Waals surface area contributed by atoms with Gasteiger partial charge in [0.15, 0.2) is 0 Å². The first-order chi connectivity index (χ1) is 16.6. The molecule has 1 saturated heterocycles. The number of alkyl halides is 3. The average molecular weight is 485 g/mol. The number of phenolic OH excluding ortho intramolecular Hbond substituents is 1. The largest absolute Gasteiger partial charge is 0.573 e. The van der Waals surface area contributed by atoms with Gasteiger partial charge in [0.1, 0.15) is 23.0 Å². The van der Waals surface area contributed by atoms with Crippen LogP contribution in [-0.4, -0.2) is 35.4 Å². The van der Waals surface area contributed by atoms with E-state index in [2.05, 4.69) is 4.74 Å². The van der Waals surface area contributed by atoms with E-state index >= 15 is 0 Å². The number of aliphatic hydroxyl groups is 1. The summed E-state index contributed by atoms with van der Waals surface area (Å²) in [7, 11) is 1.37. The van der Waals surface area contributed by atoms with Crippen molar-refractivity contribution in [2.24, 2.45) is 0 Å². The zero-order chi connectivity index (χ0) is 25.3. The van der Waals surface area contributed by atoms with Crippen molar-refractivity contribution >= 4 is 23.1 Å². The molecule has 10 heteroatoms. The molecule has 1 aliphatic rings. The van der Waals surface area contributed by atoms with Gasteiger partial charge in [-0.2, -0.15) is 0 Å². The molecule has 1 atom stereocenters. The molecule has 1 aliphatic heterocycles. The number of halogens is 3. The Hall–Kier alpha value is -4.47. The Morgan fingerprint density at radius 2 is 1.66 bits per heavy atom. The lowest BCUT2D eigenvalue weighted by atomic mass is 9.94. The maximum Gasteiger partial charge on any atom is 0.573 e. The molecule has 180 valence electrons. The summed E-state index contributed by atoms with van der Waals surface area (Å²) in [5, 5.41) is 20.9. The second kappa shape index (κ2) is 9.05. The van der Waals surface area contributed by atoms with Crippen LogP contribution in [0.2, 0.25) is 0 Å². The lowest BCUT2D eigenvalue weighted by molar-refractivity contribution is -0.274. The molecule has 0 aliphatic carbocycles. The normalized spacial score (nSPS) is 17.5. The monoisotopic (exact) mass is 485 g/mol. The van der Waals surface area contributed by atoms with Crippen molar-refractivity contribution in [2.45, 2.75) is 12.4 Å². The zero-order valence-corrected chi connectivity index (χ0v) is 18.1. The molecular weight excluding hydrogens is 467 g/mol. The summed E-state index contributed by atoms with van der Waals surface area (Å²) in [5.41, 5.74) is 0.102. The number of benzene rings is 3. The fraction of sp³-hybridized carbons (Fsp3) is 0.120. The summed E-state index contributed by atoms with van der Waals surface area (Å²) in [4.78, 5) is 27.3. The van der Waals surface area contributed by atoms with Gasteiger partial charge >= 0.3 is 6.36 Å². The molecule has 35 heavy (non-hydrogen) atoms. The lowest BCUT2D eigenvalue weighted by Gasteiger charge is -2.26. The number of carbonyl (C=O) groups is 2. The molecule has 0 radical (unpaired) electrons. The maximum absolute atomic E-state index is 13.2. The second-order valence-corrected chi connectivity index (χ2v) is 7.51. The molecular formula is C25H18F3NO6. The Bertz CT molecular complexity index is 1320. The number of para-hydroxylation sites is 1. The molecule has 1 amide bonds. The predicted octanol–water partition coefficient (Wildman–Crippen LogP) is 4.93. The van der Waals surface area contributed by atoms with Crippen LogP contribution in [0.3, 0.4) is 0 Å². The number of ketones is 1. The van der Waals surface area contributed by atoms with Crippen molar-refractivity contribution in [1.82, 2.24) is 0 Å². The number of hydrogen-bond acceptors (Lipinski definition) is 6. The minimum absolute atomic E-state index is 0.0639. The Kier molecular flexibility index (Phi) is 6.12. The van der Waals surface area contributed by atoms with Crippen LogP contribution in [0.15, 0.2) is 78.4 Å². The smallest absolute Gasteiger partial charge is 0.508 e. The average Bonchev–Trinajstić information content (AvgIpc) is 3.08. The predicted molar refractivity (Wildman–Crippen MR) is 119 cm³/mol. The number of methoxy groups -OCH3 is 1. The highest BCUT2D eigenvalue weighted by atomic mass is 19.4. The highest BCUT2D eigenvalue weighted by molar-refractivity contribution is 6.51. The van der Waals surface area contributed by atoms with Crippen LogP contribution in [0, 0.1) is 0 Å². The number of aliphatic hydroxyl groups excluding tert-OH is 1. The molecule has 7 nitrogen and oxygen atoms in total. The van der Waals surface area contributed by atoms with Gasteiger partial charge in [-0.05, 0) is 42.0 Å². The SMILES string of the molecule is COc1ccccc1/C(O)=C1\C(=O)C(=O)N(c2cccc(OC(F)(F)F)c2)C1c1ccc(O)cc1. The summed E-state index contributed by atoms with van der Waals surface area (Å²) in [6.45, 7) is 0.